The minimum atomic E-state index is 0.234. The second-order valence-corrected chi connectivity index (χ2v) is 8.93. The molecule has 0 unspecified atom stereocenters. The number of methoxy groups -OCH3 is 1. The van der Waals surface area contributed by atoms with Gasteiger partial charge in [0.2, 0.25) is 0 Å². The van der Waals surface area contributed by atoms with E-state index in [0.29, 0.717) is 42.7 Å². The van der Waals surface area contributed by atoms with Crippen LogP contribution < -0.4 is 4.74 Å². The molecule has 0 N–H and O–H groups in total. The number of benzene rings is 1. The molecule has 1 aliphatic rings. The second-order valence-electron chi connectivity index (χ2n) is 8.52. The lowest BCUT2D eigenvalue weighted by atomic mass is 10.0. The molecule has 1 aliphatic carbocycles. The van der Waals surface area contributed by atoms with Gasteiger partial charge in [-0.15, -0.1) is 10.2 Å². The summed E-state index contributed by atoms with van der Waals surface area (Å²) in [6.45, 7) is 6.41. The third-order valence-electron chi connectivity index (χ3n) is 5.56. The average Bonchev–Trinajstić information content (AvgIpc) is 3.45. The quantitative estimate of drug-likeness (QED) is 0.497. The molecule has 1 saturated carbocycles. The van der Waals surface area contributed by atoms with Crippen molar-refractivity contribution in [3.05, 3.63) is 39.9 Å². The summed E-state index contributed by atoms with van der Waals surface area (Å²) in [5, 5.41) is 9.56. The summed E-state index contributed by atoms with van der Waals surface area (Å²) in [5.74, 6) is 3.73. The minimum Gasteiger partial charge on any atom is -0.496 e. The van der Waals surface area contributed by atoms with Crippen LogP contribution in [0.4, 0.5) is 0 Å². The molecule has 0 atom stereocenters. The normalized spacial score (nSPS) is 13.9. The molecule has 0 amide bonds. The topological polar surface area (TPSA) is 57.0 Å². The summed E-state index contributed by atoms with van der Waals surface area (Å²) in [7, 11) is 1.65. The molecule has 5 nitrogen and oxygen atoms in total. The van der Waals surface area contributed by atoms with Crippen LogP contribution in [-0.2, 0) is 24.1 Å². The number of aromatic nitrogens is 3. The van der Waals surface area contributed by atoms with Crippen LogP contribution in [0, 0.1) is 12.8 Å². The first-order valence-corrected chi connectivity index (χ1v) is 11.0. The van der Waals surface area contributed by atoms with Crippen molar-refractivity contribution in [2.45, 2.75) is 78.2 Å². The van der Waals surface area contributed by atoms with Gasteiger partial charge in [0.05, 0.1) is 7.11 Å². The molecule has 158 valence electrons. The van der Waals surface area contributed by atoms with E-state index in [2.05, 4.69) is 28.6 Å². The number of hydrogen-bond donors (Lipinski definition) is 0. The van der Waals surface area contributed by atoms with Crippen molar-refractivity contribution in [3.8, 4) is 5.75 Å². The summed E-state index contributed by atoms with van der Waals surface area (Å²) in [6.07, 6.45) is 6.74. The van der Waals surface area contributed by atoms with Crippen molar-refractivity contribution in [3.63, 3.8) is 0 Å². The molecule has 0 radical (unpaired) electrons. The zero-order chi connectivity index (χ0) is 21.0. The predicted molar refractivity (Wildman–Crippen MR) is 116 cm³/mol. The summed E-state index contributed by atoms with van der Waals surface area (Å²) >= 11 is 6.24. The molecule has 6 heteroatoms. The van der Waals surface area contributed by atoms with Crippen molar-refractivity contribution in [1.82, 2.24) is 14.8 Å². The highest BCUT2D eigenvalue weighted by molar-refractivity contribution is 6.31. The van der Waals surface area contributed by atoms with Crippen LogP contribution in [0.5, 0.6) is 5.75 Å². The van der Waals surface area contributed by atoms with Gasteiger partial charge in [0.1, 0.15) is 23.2 Å². The van der Waals surface area contributed by atoms with Gasteiger partial charge in [0.15, 0.2) is 0 Å². The number of halogens is 1. The Morgan fingerprint density at radius 1 is 1.17 bits per heavy atom. The van der Waals surface area contributed by atoms with E-state index in [1.54, 1.807) is 7.11 Å². The van der Waals surface area contributed by atoms with Crippen molar-refractivity contribution < 1.29 is 9.53 Å². The summed E-state index contributed by atoms with van der Waals surface area (Å²) in [5.41, 5.74) is 1.96. The second kappa shape index (κ2) is 9.75. The maximum Gasteiger partial charge on any atom is 0.133 e. The van der Waals surface area contributed by atoms with Crippen molar-refractivity contribution in [1.29, 1.82) is 0 Å². The summed E-state index contributed by atoms with van der Waals surface area (Å²) in [4.78, 5) is 12.5. The highest BCUT2D eigenvalue weighted by Crippen LogP contribution is 2.37. The Bertz CT molecular complexity index is 856. The molecule has 0 saturated heterocycles. The minimum absolute atomic E-state index is 0.234. The van der Waals surface area contributed by atoms with E-state index in [0.717, 1.165) is 41.4 Å². The van der Waals surface area contributed by atoms with Crippen LogP contribution in [0.15, 0.2) is 12.1 Å². The first kappa shape index (κ1) is 21.8. The third-order valence-corrected chi connectivity index (χ3v) is 5.96. The molecule has 0 bridgehead atoms. The molecular weight excluding hydrogens is 386 g/mol. The smallest absolute Gasteiger partial charge is 0.133 e. The van der Waals surface area contributed by atoms with Gasteiger partial charge >= 0.3 is 0 Å². The maximum atomic E-state index is 12.5. The Morgan fingerprint density at radius 2 is 1.83 bits per heavy atom. The number of nitrogens with zero attached hydrogens (tertiary/aromatic N) is 3. The predicted octanol–water partition coefficient (Wildman–Crippen LogP) is 5.31. The lowest BCUT2D eigenvalue weighted by molar-refractivity contribution is -0.119. The Kier molecular flexibility index (Phi) is 7.33. The monoisotopic (exact) mass is 417 g/mol. The van der Waals surface area contributed by atoms with Crippen LogP contribution in [-0.4, -0.2) is 27.7 Å². The Morgan fingerprint density at radius 3 is 2.45 bits per heavy atom. The fourth-order valence-electron chi connectivity index (χ4n) is 3.61. The van der Waals surface area contributed by atoms with E-state index < -0.39 is 0 Å². The molecule has 29 heavy (non-hydrogen) atoms. The molecule has 1 heterocycles. The molecule has 1 fully saturated rings. The lowest BCUT2D eigenvalue weighted by Gasteiger charge is -2.11. The van der Waals surface area contributed by atoms with Gasteiger partial charge < -0.3 is 9.30 Å². The Labute approximate surface area is 178 Å². The molecular formula is C23H32ClN3O2. The third kappa shape index (κ3) is 5.81. The number of ketones is 1. The number of carbonyl (C=O) groups excluding carboxylic acids is 1. The van der Waals surface area contributed by atoms with Crippen LogP contribution in [0.1, 0.15) is 74.8 Å². The number of Topliss-reactive ketones (excluding diaryl/α,β-unsaturated/α-hetero) is 1. The number of ether oxygens (including phenoxy) is 1. The van der Waals surface area contributed by atoms with E-state index in [9.17, 15) is 4.79 Å². The Hall–Kier alpha value is -1.88. The van der Waals surface area contributed by atoms with Crippen molar-refractivity contribution in [2.75, 3.05) is 7.11 Å². The van der Waals surface area contributed by atoms with Crippen molar-refractivity contribution >= 4 is 17.4 Å². The molecule has 1 aromatic heterocycles. The van der Waals surface area contributed by atoms with E-state index >= 15 is 0 Å². The fraction of sp³-hybridized carbons (Fsp3) is 0.609. The van der Waals surface area contributed by atoms with Gasteiger partial charge in [-0.1, -0.05) is 25.4 Å². The fourth-order valence-corrected chi connectivity index (χ4v) is 3.79. The van der Waals surface area contributed by atoms with Gasteiger partial charge in [-0.2, -0.15) is 0 Å². The number of hydrogen-bond acceptors (Lipinski definition) is 4. The summed E-state index contributed by atoms with van der Waals surface area (Å²) in [6, 6.07) is 4.38. The zero-order valence-corrected chi connectivity index (χ0v) is 18.8. The zero-order valence-electron chi connectivity index (χ0n) is 18.0. The van der Waals surface area contributed by atoms with Gasteiger partial charge in [-0.05, 0) is 61.8 Å². The average molecular weight is 418 g/mol. The van der Waals surface area contributed by atoms with Gasteiger partial charge in [-0.3, -0.25) is 4.79 Å². The van der Waals surface area contributed by atoms with Gasteiger partial charge in [-0.25, -0.2) is 0 Å². The van der Waals surface area contributed by atoms with Gasteiger partial charge in [0.25, 0.3) is 0 Å². The number of rotatable bonds is 11. The largest absolute Gasteiger partial charge is 0.496 e. The van der Waals surface area contributed by atoms with E-state index in [4.69, 9.17) is 16.3 Å². The highest BCUT2D eigenvalue weighted by Gasteiger charge is 2.29. The standard InChI is InChI=1S/C23H32ClN3O2/c1-15(2)5-11-22-25-26-23(27(22)18-7-8-18)12-10-19(28)9-6-17-14-20(24)16(3)13-21(17)29-4/h13-15,18H,5-12H2,1-4H3. The van der Waals surface area contributed by atoms with Crippen LogP contribution in [0.25, 0.3) is 0 Å². The number of aryl methyl sites for hydroxylation is 4. The molecule has 2 aromatic rings. The van der Waals surface area contributed by atoms with E-state index in [1.165, 1.54) is 12.8 Å². The molecule has 1 aromatic carbocycles. The van der Waals surface area contributed by atoms with Crippen LogP contribution in [0.3, 0.4) is 0 Å². The van der Waals surface area contributed by atoms with Crippen LogP contribution in [0.2, 0.25) is 5.02 Å². The van der Waals surface area contributed by atoms with E-state index in [1.807, 2.05) is 19.1 Å². The Balaban J connectivity index is 1.57. The molecule has 0 aliphatic heterocycles. The molecule has 0 spiro atoms. The lowest BCUT2D eigenvalue weighted by Crippen LogP contribution is -2.10. The van der Waals surface area contributed by atoms with Gasteiger partial charge in [0, 0.05) is 36.7 Å². The summed E-state index contributed by atoms with van der Waals surface area (Å²) < 4.78 is 7.75. The maximum absolute atomic E-state index is 12.5. The van der Waals surface area contributed by atoms with E-state index in [-0.39, 0.29) is 5.78 Å². The molecule has 3 rings (SSSR count). The highest BCUT2D eigenvalue weighted by atomic mass is 35.5. The SMILES string of the molecule is COc1cc(C)c(Cl)cc1CCC(=O)CCc1nnc(CCC(C)C)n1C1CC1. The number of carbonyl (C=O) groups is 1. The first-order valence-electron chi connectivity index (χ1n) is 10.7. The first-order chi connectivity index (χ1) is 13.9. The van der Waals surface area contributed by atoms with Crippen molar-refractivity contribution in [2.24, 2.45) is 5.92 Å². The van der Waals surface area contributed by atoms with Crippen LogP contribution >= 0.6 is 11.6 Å².